The van der Waals surface area contributed by atoms with Crippen molar-refractivity contribution in [2.75, 3.05) is 24.5 Å². The molecule has 514 valence electrons. The van der Waals surface area contributed by atoms with Gasteiger partial charge < -0.3 is 24.5 Å². The summed E-state index contributed by atoms with van der Waals surface area (Å²) in [6, 6.07) is 155. The molecule has 0 atom stereocenters. The standard InChI is InChI=1S/C102H69B2N5S/c1-8-28-70(29-9-1)74-48-56-81(57-49-74)105(82-58-50-75(51-59-82)71-30-10-2-11-31-71)85-64-96-101-97(65-85)109(92-45-25-22-42-87(92)78-36-16-5-17-37-78)95-69-99-91(68-90(95)103(101)88-43-23-26-46-93(88)107(96)79-38-18-6-19-39-79)104-89-44-24-27-47-94(89)108(80-40-20-7-21-41-80)98-66-86(67-100(110-99)102(98)104)106(83-60-52-76(53-61-83)72-32-12-3-13-33-72)84-62-54-77(55-63-84)73-34-14-4-15-35-73/h1-69H. The van der Waals surface area contributed by atoms with Gasteiger partial charge in [0.1, 0.15) is 0 Å². The van der Waals surface area contributed by atoms with Crippen LogP contribution in [-0.2, 0) is 0 Å². The third kappa shape index (κ3) is 11.1. The molecule has 0 fully saturated rings. The van der Waals surface area contributed by atoms with Crippen molar-refractivity contribution in [3.63, 3.8) is 0 Å². The Bertz CT molecular complexity index is 6130. The molecule has 21 rings (SSSR count). The highest BCUT2D eigenvalue weighted by molar-refractivity contribution is 8.00. The molecule has 0 radical (unpaired) electrons. The van der Waals surface area contributed by atoms with E-state index in [-0.39, 0.29) is 13.4 Å². The lowest BCUT2D eigenvalue weighted by molar-refractivity contribution is 1.22. The number of nitrogens with zero attached hydrogens (tertiary/aromatic N) is 5. The van der Waals surface area contributed by atoms with E-state index in [0.717, 1.165) is 108 Å². The van der Waals surface area contributed by atoms with Crippen LogP contribution in [0, 0.1) is 0 Å². The Kier molecular flexibility index (Phi) is 16.0. The molecule has 17 aromatic rings. The molecule has 110 heavy (non-hydrogen) atoms. The molecule has 0 N–H and O–H groups in total. The fourth-order valence-electron chi connectivity index (χ4n) is 17.5. The van der Waals surface area contributed by atoms with E-state index in [1.54, 1.807) is 0 Å². The van der Waals surface area contributed by atoms with E-state index in [9.17, 15) is 0 Å². The number of anilines is 15. The van der Waals surface area contributed by atoms with Gasteiger partial charge in [0.05, 0.1) is 11.4 Å². The van der Waals surface area contributed by atoms with Crippen LogP contribution in [0.15, 0.2) is 428 Å². The molecule has 0 saturated carbocycles. The van der Waals surface area contributed by atoms with E-state index in [1.165, 1.54) is 75.9 Å². The number of benzene rings is 17. The van der Waals surface area contributed by atoms with Crippen LogP contribution in [0.1, 0.15) is 0 Å². The van der Waals surface area contributed by atoms with Gasteiger partial charge in [-0.1, -0.05) is 314 Å². The van der Waals surface area contributed by atoms with Gasteiger partial charge in [-0.3, -0.25) is 0 Å². The Morgan fingerprint density at radius 3 is 0.927 bits per heavy atom. The highest BCUT2D eigenvalue weighted by Crippen LogP contribution is 2.53. The van der Waals surface area contributed by atoms with E-state index in [2.05, 4.69) is 443 Å². The molecular weight excluding hydrogens is 1350 g/mol. The third-order valence-corrected chi connectivity index (χ3v) is 23.6. The molecule has 5 nitrogen and oxygen atoms in total. The molecule has 0 unspecified atom stereocenters. The fourth-order valence-corrected chi connectivity index (χ4v) is 18.7. The number of rotatable bonds is 14. The molecule has 0 bridgehead atoms. The number of hydrogen-bond acceptors (Lipinski definition) is 6. The Morgan fingerprint density at radius 1 is 0.191 bits per heavy atom. The molecule has 0 saturated heterocycles. The maximum absolute atomic E-state index is 2.65. The van der Waals surface area contributed by atoms with E-state index in [1.807, 2.05) is 11.8 Å². The van der Waals surface area contributed by atoms with Crippen LogP contribution in [-0.4, -0.2) is 13.4 Å². The summed E-state index contributed by atoms with van der Waals surface area (Å²) in [4.78, 5) is 15.1. The molecule has 4 heterocycles. The lowest BCUT2D eigenvalue weighted by Crippen LogP contribution is -2.64. The third-order valence-electron chi connectivity index (χ3n) is 22.5. The molecule has 17 aromatic carbocycles. The second kappa shape index (κ2) is 27.2. The van der Waals surface area contributed by atoms with Crippen LogP contribution in [0.5, 0.6) is 0 Å². The van der Waals surface area contributed by atoms with Crippen molar-refractivity contribution in [1.82, 2.24) is 0 Å². The first-order valence-corrected chi connectivity index (χ1v) is 38.7. The summed E-state index contributed by atoms with van der Waals surface area (Å²) in [5, 5.41) is 0. The average Bonchev–Trinajstić information content (AvgIpc) is 0.686. The highest BCUT2D eigenvalue weighted by Gasteiger charge is 2.48. The zero-order chi connectivity index (χ0) is 72.6. The summed E-state index contributed by atoms with van der Waals surface area (Å²) >= 11 is 1.91. The van der Waals surface area contributed by atoms with Gasteiger partial charge in [-0.2, -0.15) is 0 Å². The van der Waals surface area contributed by atoms with Crippen molar-refractivity contribution < 1.29 is 0 Å². The van der Waals surface area contributed by atoms with Crippen molar-refractivity contribution in [3.8, 4) is 55.6 Å². The average molecular weight is 1420 g/mol. The Morgan fingerprint density at radius 2 is 0.509 bits per heavy atom. The van der Waals surface area contributed by atoms with Crippen molar-refractivity contribution in [3.05, 3.63) is 419 Å². The Labute approximate surface area is 647 Å². The van der Waals surface area contributed by atoms with Crippen molar-refractivity contribution in [2.24, 2.45) is 0 Å². The van der Waals surface area contributed by atoms with Crippen LogP contribution >= 0.6 is 11.8 Å². The minimum absolute atomic E-state index is 0.140. The van der Waals surface area contributed by atoms with Gasteiger partial charge in [0.15, 0.2) is 0 Å². The molecular formula is C102H69B2N5S. The van der Waals surface area contributed by atoms with Gasteiger partial charge in [0.2, 0.25) is 6.71 Å². The zero-order valence-corrected chi connectivity index (χ0v) is 61.0. The zero-order valence-electron chi connectivity index (χ0n) is 60.1. The van der Waals surface area contributed by atoms with Crippen molar-refractivity contribution in [1.29, 1.82) is 0 Å². The van der Waals surface area contributed by atoms with E-state index in [0.29, 0.717) is 0 Å². The van der Waals surface area contributed by atoms with Gasteiger partial charge in [-0.05, 0) is 199 Å². The van der Waals surface area contributed by atoms with Gasteiger partial charge in [-0.25, -0.2) is 0 Å². The SMILES string of the molecule is c1ccc(-c2ccc(N(c3ccc(-c4ccccc4)cc3)c3cc4c5c(c3)N(c3ccccc3)c3ccccc3B5c3cc5c(cc3S4)N(c3ccccc3-c3ccccc3)c3cc(N(c4ccc(-c6ccccc6)cc4)c4ccc(-c6ccccc6)cc4)cc4c3B5c3ccccc3N4c3ccccc3)cc2)cc1. The summed E-state index contributed by atoms with van der Waals surface area (Å²) in [5.41, 5.74) is 35.7. The Hall–Kier alpha value is -13.8. The largest absolute Gasteiger partial charge is 0.311 e. The van der Waals surface area contributed by atoms with Gasteiger partial charge in [0.25, 0.3) is 6.71 Å². The smallest absolute Gasteiger partial charge is 0.252 e. The second-order valence-corrected chi connectivity index (χ2v) is 29.8. The van der Waals surface area contributed by atoms with E-state index in [4.69, 9.17) is 0 Å². The molecule has 0 aromatic heterocycles. The normalized spacial score (nSPS) is 12.6. The maximum atomic E-state index is 2.65. The topological polar surface area (TPSA) is 16.2 Å². The highest BCUT2D eigenvalue weighted by atomic mass is 32.2. The number of para-hydroxylation sites is 5. The van der Waals surface area contributed by atoms with Gasteiger partial charge in [-0.15, -0.1) is 0 Å². The van der Waals surface area contributed by atoms with Crippen LogP contribution in [0.3, 0.4) is 0 Å². The predicted octanol–water partition coefficient (Wildman–Crippen LogP) is 23.8. The summed E-state index contributed by atoms with van der Waals surface area (Å²) < 4.78 is 0. The van der Waals surface area contributed by atoms with Gasteiger partial charge in [0, 0.05) is 89.3 Å². The summed E-state index contributed by atoms with van der Waals surface area (Å²) in [6.45, 7) is -0.337. The first kappa shape index (κ1) is 64.6. The van der Waals surface area contributed by atoms with E-state index >= 15 is 0 Å². The van der Waals surface area contributed by atoms with Crippen LogP contribution < -0.4 is 57.3 Å². The summed E-state index contributed by atoms with van der Waals surface area (Å²) in [5.74, 6) is 0. The molecule has 4 aliphatic heterocycles. The number of fused-ring (bicyclic) bond motifs is 8. The lowest BCUT2D eigenvalue weighted by atomic mass is 9.31. The first-order chi connectivity index (χ1) is 54.6. The Balaban J connectivity index is 0.821. The van der Waals surface area contributed by atoms with Crippen LogP contribution in [0.25, 0.3) is 55.6 Å². The van der Waals surface area contributed by atoms with Crippen LogP contribution in [0.4, 0.5) is 85.3 Å². The minimum atomic E-state index is -0.197. The first-order valence-electron chi connectivity index (χ1n) is 37.9. The quantitative estimate of drug-likeness (QED) is 0.100. The summed E-state index contributed by atoms with van der Waals surface area (Å²) in [6.07, 6.45) is 0. The fraction of sp³-hybridized carbons (Fsp3) is 0. The number of hydrogen-bond donors (Lipinski definition) is 0. The second-order valence-electron chi connectivity index (χ2n) is 28.7. The van der Waals surface area contributed by atoms with E-state index < -0.39 is 0 Å². The predicted molar refractivity (Wildman–Crippen MR) is 467 cm³/mol. The molecule has 8 heteroatoms. The van der Waals surface area contributed by atoms with Crippen molar-refractivity contribution >= 4 is 143 Å². The minimum Gasteiger partial charge on any atom is -0.311 e. The van der Waals surface area contributed by atoms with Crippen molar-refractivity contribution in [2.45, 2.75) is 9.79 Å². The summed E-state index contributed by atoms with van der Waals surface area (Å²) in [7, 11) is 0. The molecule has 4 aliphatic rings. The maximum Gasteiger partial charge on any atom is 0.252 e. The van der Waals surface area contributed by atoms with Gasteiger partial charge >= 0.3 is 0 Å². The van der Waals surface area contributed by atoms with Crippen LogP contribution in [0.2, 0.25) is 0 Å². The molecule has 0 aliphatic carbocycles. The molecule has 0 amide bonds. The lowest BCUT2D eigenvalue weighted by Gasteiger charge is -2.46. The molecule has 0 spiro atoms. The monoisotopic (exact) mass is 1420 g/mol.